The molecular formula is C21H30F6N4O4. The van der Waals surface area contributed by atoms with Crippen LogP contribution in [-0.4, -0.2) is 108 Å². The summed E-state index contributed by atoms with van der Waals surface area (Å²) in [5, 5.41) is 30.0. The number of nitrogens with zero attached hydrogens (tertiary/aromatic N) is 3. The zero-order valence-corrected chi connectivity index (χ0v) is 19.1. The first kappa shape index (κ1) is 29.1. The van der Waals surface area contributed by atoms with Crippen molar-refractivity contribution in [3.63, 3.8) is 0 Å². The van der Waals surface area contributed by atoms with Gasteiger partial charge in [-0.25, -0.2) is 4.79 Å². The minimum atomic E-state index is -5.01. The molecule has 1 heterocycles. The Morgan fingerprint density at radius 2 is 1.43 bits per heavy atom. The lowest BCUT2D eigenvalue weighted by Crippen LogP contribution is -2.49. The van der Waals surface area contributed by atoms with Gasteiger partial charge >= 0.3 is 18.4 Å². The summed E-state index contributed by atoms with van der Waals surface area (Å²) in [4.78, 5) is 17.6. The van der Waals surface area contributed by atoms with Crippen LogP contribution in [0.1, 0.15) is 17.5 Å². The van der Waals surface area contributed by atoms with Gasteiger partial charge in [0.2, 0.25) is 0 Å². The Hall–Kier alpha value is -2.13. The molecule has 0 saturated carbocycles. The second-order valence-corrected chi connectivity index (χ2v) is 8.44. The largest absolute Gasteiger partial charge is 0.416 e. The molecule has 0 radical (unpaired) electrons. The van der Waals surface area contributed by atoms with Gasteiger partial charge in [-0.3, -0.25) is 4.90 Å². The normalized spacial score (nSPS) is 17.8. The maximum absolute atomic E-state index is 13.0. The molecule has 0 spiro atoms. The number of likely N-dealkylation sites (N-methyl/N-ethyl adjacent to an activating group) is 1. The summed E-state index contributed by atoms with van der Waals surface area (Å²) in [5.41, 5.74) is -3.63. The predicted octanol–water partition coefficient (Wildman–Crippen LogP) is 1.91. The maximum atomic E-state index is 13.0. The monoisotopic (exact) mass is 516 g/mol. The van der Waals surface area contributed by atoms with Gasteiger partial charge in [-0.1, -0.05) is 0 Å². The second kappa shape index (κ2) is 12.2. The number of piperazine rings is 1. The number of amides is 2. The van der Waals surface area contributed by atoms with E-state index in [0.717, 1.165) is 0 Å². The molecule has 4 N–H and O–H groups in total. The first-order chi connectivity index (χ1) is 16.2. The van der Waals surface area contributed by atoms with Crippen LogP contribution in [0.3, 0.4) is 0 Å². The lowest BCUT2D eigenvalue weighted by atomic mass is 10.1. The highest BCUT2D eigenvalue weighted by Crippen LogP contribution is 2.37. The van der Waals surface area contributed by atoms with Crippen LogP contribution in [-0.2, 0) is 12.4 Å². The standard InChI is InChI=1S/C21H30F6N4O4/c1-29(4-5-31-8-6-30(7-9-31)3-2-17(33)18(34)13-32)19(35)28-16-11-14(20(22,23)24)10-15(12-16)21(25,26)27/h10-12,17-18,32-34H,2-9,13H2,1H3,(H,28,35)/t17-,18+/m1/s1. The van der Waals surface area contributed by atoms with E-state index < -0.39 is 54.0 Å². The Morgan fingerprint density at radius 1 is 0.943 bits per heavy atom. The Morgan fingerprint density at radius 3 is 1.89 bits per heavy atom. The van der Waals surface area contributed by atoms with E-state index in [1.54, 1.807) is 0 Å². The van der Waals surface area contributed by atoms with Gasteiger partial charge in [-0.15, -0.1) is 0 Å². The van der Waals surface area contributed by atoms with Gasteiger partial charge in [0.15, 0.2) is 0 Å². The number of aliphatic hydroxyl groups is 3. The van der Waals surface area contributed by atoms with Gasteiger partial charge in [-0.05, 0) is 24.6 Å². The van der Waals surface area contributed by atoms with Crippen molar-refractivity contribution < 1.29 is 46.5 Å². The maximum Gasteiger partial charge on any atom is 0.416 e. The molecule has 0 aromatic heterocycles. The number of aliphatic hydroxyl groups excluding tert-OH is 3. The Bertz CT molecular complexity index is 799. The van der Waals surface area contributed by atoms with Crippen LogP contribution in [0.15, 0.2) is 18.2 Å². The second-order valence-electron chi connectivity index (χ2n) is 8.44. The topological polar surface area (TPSA) is 99.5 Å². The van der Waals surface area contributed by atoms with E-state index in [0.29, 0.717) is 57.8 Å². The highest BCUT2D eigenvalue weighted by molar-refractivity contribution is 5.89. The molecule has 0 bridgehead atoms. The van der Waals surface area contributed by atoms with Crippen LogP contribution in [0.5, 0.6) is 0 Å². The van der Waals surface area contributed by atoms with E-state index in [4.69, 9.17) is 5.11 Å². The highest BCUT2D eigenvalue weighted by atomic mass is 19.4. The van der Waals surface area contributed by atoms with Crippen LogP contribution in [0, 0.1) is 0 Å². The first-order valence-electron chi connectivity index (χ1n) is 10.9. The van der Waals surface area contributed by atoms with E-state index in [1.165, 1.54) is 11.9 Å². The summed E-state index contributed by atoms with van der Waals surface area (Å²) in [6.45, 7) is 3.29. The molecule has 35 heavy (non-hydrogen) atoms. The average molecular weight is 516 g/mol. The molecule has 1 aromatic carbocycles. The van der Waals surface area contributed by atoms with E-state index in [1.807, 2.05) is 4.90 Å². The smallest absolute Gasteiger partial charge is 0.394 e. The summed E-state index contributed by atoms with van der Waals surface area (Å²) < 4.78 is 78.0. The molecule has 2 atom stereocenters. The molecular weight excluding hydrogens is 486 g/mol. The van der Waals surface area contributed by atoms with Crippen molar-refractivity contribution in [2.75, 3.05) is 64.8 Å². The van der Waals surface area contributed by atoms with E-state index in [9.17, 15) is 41.4 Å². The number of carbonyl (C=O) groups is 1. The van der Waals surface area contributed by atoms with Crippen LogP contribution in [0.4, 0.5) is 36.8 Å². The van der Waals surface area contributed by atoms with Gasteiger partial charge in [0.1, 0.15) is 6.10 Å². The van der Waals surface area contributed by atoms with Crippen molar-refractivity contribution in [1.82, 2.24) is 14.7 Å². The number of carbonyl (C=O) groups excluding carboxylic acids is 1. The van der Waals surface area contributed by atoms with Crippen LogP contribution in [0.2, 0.25) is 0 Å². The number of hydrogen-bond acceptors (Lipinski definition) is 6. The number of halogens is 6. The third-order valence-electron chi connectivity index (χ3n) is 5.77. The van der Waals surface area contributed by atoms with Gasteiger partial charge < -0.3 is 30.4 Å². The number of nitrogens with one attached hydrogen (secondary N) is 1. The minimum Gasteiger partial charge on any atom is -0.394 e. The molecule has 0 aliphatic carbocycles. The molecule has 2 rings (SSSR count). The van der Waals surface area contributed by atoms with E-state index >= 15 is 0 Å². The molecule has 14 heteroatoms. The average Bonchev–Trinajstić information content (AvgIpc) is 2.79. The van der Waals surface area contributed by atoms with Crippen molar-refractivity contribution in [2.24, 2.45) is 0 Å². The molecule has 8 nitrogen and oxygen atoms in total. The van der Waals surface area contributed by atoms with Crippen LogP contribution < -0.4 is 5.32 Å². The highest BCUT2D eigenvalue weighted by Gasteiger charge is 2.37. The molecule has 1 aliphatic rings. The number of alkyl halides is 6. The fourth-order valence-corrected chi connectivity index (χ4v) is 3.50. The van der Waals surface area contributed by atoms with E-state index in [-0.39, 0.29) is 12.6 Å². The fraction of sp³-hybridized carbons (Fsp3) is 0.667. The molecule has 1 aliphatic heterocycles. The van der Waals surface area contributed by atoms with Crippen LogP contribution in [0.25, 0.3) is 0 Å². The summed E-state index contributed by atoms with van der Waals surface area (Å²) in [7, 11) is 1.39. The summed E-state index contributed by atoms with van der Waals surface area (Å²) in [6.07, 6.45) is -11.9. The van der Waals surface area contributed by atoms with E-state index in [2.05, 4.69) is 10.2 Å². The quantitative estimate of drug-likeness (QED) is 0.375. The number of benzene rings is 1. The molecule has 2 amide bonds. The molecule has 1 saturated heterocycles. The molecule has 0 unspecified atom stereocenters. The lowest BCUT2D eigenvalue weighted by molar-refractivity contribution is -0.143. The van der Waals surface area contributed by atoms with Crippen molar-refractivity contribution in [3.05, 3.63) is 29.3 Å². The molecule has 200 valence electrons. The van der Waals surface area contributed by atoms with Crippen molar-refractivity contribution in [3.8, 4) is 0 Å². The van der Waals surface area contributed by atoms with Gasteiger partial charge in [0.25, 0.3) is 0 Å². The van der Waals surface area contributed by atoms with Gasteiger partial charge in [-0.2, -0.15) is 26.3 Å². The Balaban J connectivity index is 1.84. The summed E-state index contributed by atoms with van der Waals surface area (Å²) in [6, 6.07) is 0.0644. The zero-order valence-electron chi connectivity index (χ0n) is 19.1. The SMILES string of the molecule is CN(CCN1CCN(CC[C@@H](O)[C@@H](O)CO)CC1)C(=O)Nc1cc(C(F)(F)F)cc(C(F)(F)F)c1. The predicted molar refractivity (Wildman–Crippen MR) is 115 cm³/mol. The first-order valence-corrected chi connectivity index (χ1v) is 10.9. The van der Waals surface area contributed by atoms with Crippen molar-refractivity contribution in [2.45, 2.75) is 31.0 Å². The molecule has 1 aromatic rings. The number of anilines is 1. The fourth-order valence-electron chi connectivity index (χ4n) is 3.50. The minimum absolute atomic E-state index is 0.00546. The van der Waals surface area contributed by atoms with Crippen molar-refractivity contribution in [1.29, 1.82) is 0 Å². The van der Waals surface area contributed by atoms with Gasteiger partial charge in [0, 0.05) is 58.5 Å². The third kappa shape index (κ3) is 9.11. The summed E-state index contributed by atoms with van der Waals surface area (Å²) >= 11 is 0. The zero-order chi connectivity index (χ0) is 26.4. The number of urea groups is 1. The Labute approximate surface area is 198 Å². The van der Waals surface area contributed by atoms with Gasteiger partial charge in [0.05, 0.1) is 23.8 Å². The third-order valence-corrected chi connectivity index (χ3v) is 5.77. The van der Waals surface area contributed by atoms with Crippen molar-refractivity contribution >= 4 is 11.7 Å². The number of hydrogen-bond donors (Lipinski definition) is 4. The summed E-state index contributed by atoms with van der Waals surface area (Å²) in [5.74, 6) is 0. The van der Waals surface area contributed by atoms with Crippen LogP contribution >= 0.6 is 0 Å². The Kier molecular flexibility index (Phi) is 10.2. The lowest BCUT2D eigenvalue weighted by Gasteiger charge is -2.35. The molecule has 1 fully saturated rings. The number of rotatable bonds is 9.